The van der Waals surface area contributed by atoms with E-state index >= 15 is 0 Å². The van der Waals surface area contributed by atoms with Crippen molar-refractivity contribution in [3.8, 4) is 11.3 Å². The Bertz CT molecular complexity index is 631. The summed E-state index contributed by atoms with van der Waals surface area (Å²) in [4.78, 5) is 11.6. The van der Waals surface area contributed by atoms with Crippen molar-refractivity contribution < 1.29 is 0 Å². The second-order valence-electron chi connectivity index (χ2n) is 3.43. The van der Waals surface area contributed by atoms with E-state index < -0.39 is 0 Å². The molecule has 78 valence electrons. The molecule has 0 saturated carbocycles. The largest absolute Gasteiger partial charge is 0.345 e. The highest BCUT2D eigenvalue weighted by atomic mass is 35.5. The summed E-state index contributed by atoms with van der Waals surface area (Å²) >= 11 is 6.17. The summed E-state index contributed by atoms with van der Waals surface area (Å²) in [6, 6.07) is 7.57. The molecular formula is C12H8ClN3. The van der Waals surface area contributed by atoms with Gasteiger partial charge in [0.05, 0.1) is 10.7 Å². The van der Waals surface area contributed by atoms with Crippen LogP contribution in [0.1, 0.15) is 0 Å². The number of H-pyrrole nitrogens is 1. The van der Waals surface area contributed by atoms with Crippen molar-refractivity contribution in [1.82, 2.24) is 15.0 Å². The normalized spacial score (nSPS) is 10.8. The molecule has 3 nitrogen and oxygen atoms in total. The van der Waals surface area contributed by atoms with E-state index in [0.29, 0.717) is 5.02 Å². The average molecular weight is 230 g/mol. The fourth-order valence-corrected chi connectivity index (χ4v) is 1.99. The van der Waals surface area contributed by atoms with Gasteiger partial charge >= 0.3 is 0 Å². The van der Waals surface area contributed by atoms with Crippen molar-refractivity contribution in [2.75, 3.05) is 0 Å². The number of halogens is 1. The first-order valence-corrected chi connectivity index (χ1v) is 5.27. The van der Waals surface area contributed by atoms with Crippen LogP contribution in [-0.2, 0) is 0 Å². The fourth-order valence-electron chi connectivity index (χ4n) is 1.74. The van der Waals surface area contributed by atoms with Gasteiger partial charge < -0.3 is 4.98 Å². The molecule has 0 atom stereocenters. The maximum atomic E-state index is 6.17. The number of aromatic nitrogens is 3. The van der Waals surface area contributed by atoms with E-state index in [1.165, 1.54) is 0 Å². The number of rotatable bonds is 1. The Morgan fingerprint density at radius 1 is 1.06 bits per heavy atom. The van der Waals surface area contributed by atoms with Gasteiger partial charge in [-0.25, -0.2) is 4.98 Å². The first kappa shape index (κ1) is 9.36. The first-order chi connectivity index (χ1) is 7.86. The van der Waals surface area contributed by atoms with Crippen molar-refractivity contribution in [3.05, 3.63) is 47.9 Å². The standard InChI is InChI=1S/C12H8ClN3/c13-9-4-6-15-12-11(9)8(7-16-12)10-3-1-2-5-14-10/h1-7H,(H,15,16). The van der Waals surface area contributed by atoms with Crippen LogP contribution in [0.15, 0.2) is 42.9 Å². The molecule has 0 aliphatic rings. The highest BCUT2D eigenvalue weighted by molar-refractivity contribution is 6.36. The fraction of sp³-hybridized carbons (Fsp3) is 0. The molecule has 0 amide bonds. The van der Waals surface area contributed by atoms with Crippen LogP contribution in [0.2, 0.25) is 5.02 Å². The monoisotopic (exact) mass is 229 g/mol. The van der Waals surface area contributed by atoms with Crippen LogP contribution in [0.5, 0.6) is 0 Å². The van der Waals surface area contributed by atoms with Crippen molar-refractivity contribution in [2.24, 2.45) is 0 Å². The topological polar surface area (TPSA) is 41.6 Å². The third-order valence-corrected chi connectivity index (χ3v) is 2.78. The number of hydrogen-bond acceptors (Lipinski definition) is 2. The van der Waals surface area contributed by atoms with Crippen LogP contribution in [-0.4, -0.2) is 15.0 Å². The minimum absolute atomic E-state index is 0.687. The zero-order valence-electron chi connectivity index (χ0n) is 8.31. The van der Waals surface area contributed by atoms with Gasteiger partial charge in [-0.1, -0.05) is 17.7 Å². The molecule has 0 aromatic carbocycles. The molecule has 3 heterocycles. The number of hydrogen-bond donors (Lipinski definition) is 1. The molecule has 16 heavy (non-hydrogen) atoms. The summed E-state index contributed by atoms with van der Waals surface area (Å²) < 4.78 is 0. The van der Waals surface area contributed by atoms with Gasteiger partial charge in [0, 0.05) is 29.5 Å². The van der Waals surface area contributed by atoms with Crippen molar-refractivity contribution in [1.29, 1.82) is 0 Å². The predicted molar refractivity (Wildman–Crippen MR) is 64.3 cm³/mol. The van der Waals surface area contributed by atoms with E-state index in [1.807, 2.05) is 24.4 Å². The van der Waals surface area contributed by atoms with E-state index in [4.69, 9.17) is 11.6 Å². The van der Waals surface area contributed by atoms with Gasteiger partial charge in [0.15, 0.2) is 0 Å². The highest BCUT2D eigenvalue weighted by Gasteiger charge is 2.10. The molecule has 3 aromatic rings. The van der Waals surface area contributed by atoms with Gasteiger partial charge in [-0.2, -0.15) is 0 Å². The van der Waals surface area contributed by atoms with E-state index in [9.17, 15) is 0 Å². The summed E-state index contributed by atoms with van der Waals surface area (Å²) in [6.45, 7) is 0. The molecule has 3 rings (SSSR count). The summed E-state index contributed by atoms with van der Waals surface area (Å²) in [5, 5.41) is 1.61. The van der Waals surface area contributed by atoms with E-state index in [1.54, 1.807) is 18.5 Å². The van der Waals surface area contributed by atoms with E-state index in [-0.39, 0.29) is 0 Å². The van der Waals surface area contributed by atoms with Gasteiger partial charge in [0.2, 0.25) is 0 Å². The van der Waals surface area contributed by atoms with Gasteiger partial charge in [0.25, 0.3) is 0 Å². The number of nitrogens with zero attached hydrogens (tertiary/aromatic N) is 2. The van der Waals surface area contributed by atoms with Crippen LogP contribution in [0.25, 0.3) is 22.3 Å². The van der Waals surface area contributed by atoms with Crippen LogP contribution >= 0.6 is 11.6 Å². The van der Waals surface area contributed by atoms with Gasteiger partial charge in [-0.3, -0.25) is 4.98 Å². The van der Waals surface area contributed by atoms with E-state index in [2.05, 4.69) is 15.0 Å². The number of nitrogens with one attached hydrogen (secondary N) is 1. The summed E-state index contributed by atoms with van der Waals surface area (Å²) in [6.07, 6.45) is 5.33. The lowest BCUT2D eigenvalue weighted by molar-refractivity contribution is 1.32. The van der Waals surface area contributed by atoms with Gasteiger partial charge in [-0.15, -0.1) is 0 Å². The molecule has 4 heteroatoms. The minimum Gasteiger partial charge on any atom is -0.345 e. The third kappa shape index (κ3) is 1.37. The molecule has 3 aromatic heterocycles. The van der Waals surface area contributed by atoms with Gasteiger partial charge in [-0.05, 0) is 18.2 Å². The Labute approximate surface area is 97.1 Å². The zero-order chi connectivity index (χ0) is 11.0. The van der Waals surface area contributed by atoms with Crippen LogP contribution in [0, 0.1) is 0 Å². The number of pyridine rings is 2. The third-order valence-electron chi connectivity index (χ3n) is 2.46. The lowest BCUT2D eigenvalue weighted by atomic mass is 10.1. The molecule has 0 aliphatic carbocycles. The second-order valence-corrected chi connectivity index (χ2v) is 3.84. The Hall–Kier alpha value is -1.87. The summed E-state index contributed by atoms with van der Waals surface area (Å²) in [5.41, 5.74) is 2.66. The molecule has 1 N–H and O–H groups in total. The molecular weight excluding hydrogens is 222 g/mol. The first-order valence-electron chi connectivity index (χ1n) is 4.89. The maximum Gasteiger partial charge on any atom is 0.139 e. The van der Waals surface area contributed by atoms with Crippen LogP contribution in [0.3, 0.4) is 0 Å². The minimum atomic E-state index is 0.687. The highest BCUT2D eigenvalue weighted by Crippen LogP contribution is 2.31. The van der Waals surface area contributed by atoms with Gasteiger partial charge in [0.1, 0.15) is 5.65 Å². The second kappa shape index (κ2) is 3.61. The van der Waals surface area contributed by atoms with Crippen molar-refractivity contribution in [3.63, 3.8) is 0 Å². The summed E-state index contributed by atoms with van der Waals surface area (Å²) in [7, 11) is 0. The Kier molecular flexibility index (Phi) is 2.11. The number of aromatic amines is 1. The Morgan fingerprint density at radius 2 is 2.00 bits per heavy atom. The van der Waals surface area contributed by atoms with E-state index in [0.717, 1.165) is 22.3 Å². The Balaban J connectivity index is 2.33. The quantitative estimate of drug-likeness (QED) is 0.696. The predicted octanol–water partition coefficient (Wildman–Crippen LogP) is 3.28. The lowest BCUT2D eigenvalue weighted by Gasteiger charge is -1.98. The molecule has 0 fully saturated rings. The molecule has 0 spiro atoms. The molecule has 0 unspecified atom stereocenters. The van der Waals surface area contributed by atoms with Crippen molar-refractivity contribution in [2.45, 2.75) is 0 Å². The lowest BCUT2D eigenvalue weighted by Crippen LogP contribution is -1.81. The SMILES string of the molecule is Clc1ccnc2[nH]cc(-c3ccccn3)c12. The molecule has 0 saturated heterocycles. The zero-order valence-corrected chi connectivity index (χ0v) is 9.07. The maximum absolute atomic E-state index is 6.17. The number of fused-ring (bicyclic) bond motifs is 1. The van der Waals surface area contributed by atoms with Crippen LogP contribution < -0.4 is 0 Å². The average Bonchev–Trinajstić information content (AvgIpc) is 2.75. The molecule has 0 aliphatic heterocycles. The summed E-state index contributed by atoms with van der Waals surface area (Å²) in [5.74, 6) is 0. The van der Waals surface area contributed by atoms with Crippen molar-refractivity contribution >= 4 is 22.6 Å². The molecule has 0 radical (unpaired) electrons. The smallest absolute Gasteiger partial charge is 0.139 e. The molecule has 0 bridgehead atoms. The van der Waals surface area contributed by atoms with Crippen LogP contribution in [0.4, 0.5) is 0 Å². The Morgan fingerprint density at radius 3 is 2.81 bits per heavy atom.